The number of hydrogen-bond donors (Lipinski definition) is 1. The molecule has 0 saturated heterocycles. The summed E-state index contributed by atoms with van der Waals surface area (Å²) in [4.78, 5) is 19.3. The van der Waals surface area contributed by atoms with Crippen LogP contribution >= 0.6 is 11.3 Å². The van der Waals surface area contributed by atoms with E-state index in [1.807, 2.05) is 24.4 Å². The zero-order chi connectivity index (χ0) is 9.97. The van der Waals surface area contributed by atoms with Crippen molar-refractivity contribution in [1.82, 2.24) is 9.97 Å². The van der Waals surface area contributed by atoms with E-state index in [1.54, 1.807) is 11.3 Å². The molecule has 14 heavy (non-hydrogen) atoms. The first-order chi connectivity index (χ1) is 6.83. The lowest BCUT2D eigenvalue weighted by atomic mass is 10.1. The third kappa shape index (κ3) is 1.48. The lowest BCUT2D eigenvalue weighted by molar-refractivity contribution is 1.01. The van der Waals surface area contributed by atoms with Crippen LogP contribution < -0.4 is 5.56 Å². The van der Waals surface area contributed by atoms with Crippen molar-refractivity contribution in [2.75, 3.05) is 0 Å². The molecule has 0 aliphatic carbocycles. The van der Waals surface area contributed by atoms with Crippen LogP contribution in [0, 0.1) is 0 Å². The van der Waals surface area contributed by atoms with Crippen LogP contribution in [-0.4, -0.2) is 9.97 Å². The van der Waals surface area contributed by atoms with E-state index in [2.05, 4.69) is 9.97 Å². The molecule has 2 aromatic rings. The molecule has 0 aliphatic heterocycles. The fourth-order valence-electron chi connectivity index (χ4n) is 1.38. The van der Waals surface area contributed by atoms with E-state index < -0.39 is 0 Å². The van der Waals surface area contributed by atoms with Gasteiger partial charge in [-0.2, -0.15) is 0 Å². The minimum absolute atomic E-state index is 0.0362. The topological polar surface area (TPSA) is 45.8 Å². The molecule has 0 amide bonds. The molecule has 0 unspecified atom stereocenters. The van der Waals surface area contributed by atoms with E-state index >= 15 is 0 Å². The SMILES string of the molecule is CCc1c(-c2cccs2)nc[nH]c1=O. The van der Waals surface area contributed by atoms with Crippen molar-refractivity contribution in [3.05, 3.63) is 39.8 Å². The predicted octanol–water partition coefficient (Wildman–Crippen LogP) is 2.06. The third-order valence-corrected chi connectivity index (χ3v) is 2.93. The second kappa shape index (κ2) is 3.75. The number of H-pyrrole nitrogens is 1. The van der Waals surface area contributed by atoms with Crippen LogP contribution in [0.3, 0.4) is 0 Å². The molecular formula is C10H10N2OS. The van der Waals surface area contributed by atoms with Gasteiger partial charge in [-0.15, -0.1) is 11.3 Å². The van der Waals surface area contributed by atoms with Crippen molar-refractivity contribution in [3.8, 4) is 10.6 Å². The number of nitrogens with one attached hydrogen (secondary N) is 1. The largest absolute Gasteiger partial charge is 0.313 e. The smallest absolute Gasteiger partial charge is 0.254 e. The Morgan fingerprint density at radius 2 is 2.43 bits per heavy atom. The average Bonchev–Trinajstić information content (AvgIpc) is 2.70. The summed E-state index contributed by atoms with van der Waals surface area (Å²) >= 11 is 1.60. The molecule has 2 aromatic heterocycles. The maximum Gasteiger partial charge on any atom is 0.254 e. The molecule has 0 spiro atoms. The summed E-state index contributed by atoms with van der Waals surface area (Å²) in [6, 6.07) is 3.94. The molecule has 4 heteroatoms. The van der Waals surface area contributed by atoms with E-state index in [-0.39, 0.29) is 5.56 Å². The fourth-order valence-corrected chi connectivity index (χ4v) is 2.13. The van der Waals surface area contributed by atoms with Gasteiger partial charge in [0, 0.05) is 5.56 Å². The van der Waals surface area contributed by atoms with Gasteiger partial charge in [-0.3, -0.25) is 4.79 Å². The second-order valence-electron chi connectivity index (χ2n) is 2.89. The third-order valence-electron chi connectivity index (χ3n) is 2.06. The highest BCUT2D eigenvalue weighted by Crippen LogP contribution is 2.23. The summed E-state index contributed by atoms with van der Waals surface area (Å²) in [6.07, 6.45) is 2.16. The fraction of sp³-hybridized carbons (Fsp3) is 0.200. The Hall–Kier alpha value is -1.42. The molecule has 0 radical (unpaired) electrons. The highest BCUT2D eigenvalue weighted by Gasteiger charge is 2.08. The summed E-state index contributed by atoms with van der Waals surface area (Å²) in [6.45, 7) is 1.96. The number of hydrogen-bond acceptors (Lipinski definition) is 3. The lowest BCUT2D eigenvalue weighted by Gasteiger charge is -2.01. The van der Waals surface area contributed by atoms with Crippen LogP contribution in [0.15, 0.2) is 28.6 Å². The molecule has 0 aromatic carbocycles. The van der Waals surface area contributed by atoms with Crippen LogP contribution in [-0.2, 0) is 6.42 Å². The van der Waals surface area contributed by atoms with Crippen LogP contribution in [0.5, 0.6) is 0 Å². The molecule has 1 N–H and O–H groups in total. The molecule has 0 bridgehead atoms. The normalized spacial score (nSPS) is 10.4. The molecule has 72 valence electrons. The van der Waals surface area contributed by atoms with Gasteiger partial charge in [0.15, 0.2) is 0 Å². The lowest BCUT2D eigenvalue weighted by Crippen LogP contribution is -2.13. The zero-order valence-electron chi connectivity index (χ0n) is 7.78. The Balaban J connectivity index is 2.64. The van der Waals surface area contributed by atoms with Crippen LogP contribution in [0.1, 0.15) is 12.5 Å². The minimum atomic E-state index is -0.0362. The number of thiophene rings is 1. The Bertz CT molecular complexity index is 473. The number of aromatic amines is 1. The van der Waals surface area contributed by atoms with E-state index in [0.717, 1.165) is 16.1 Å². The zero-order valence-corrected chi connectivity index (χ0v) is 8.60. The molecule has 0 saturated carbocycles. The summed E-state index contributed by atoms with van der Waals surface area (Å²) in [5.74, 6) is 0. The highest BCUT2D eigenvalue weighted by molar-refractivity contribution is 7.13. The van der Waals surface area contributed by atoms with Crippen molar-refractivity contribution >= 4 is 11.3 Å². The van der Waals surface area contributed by atoms with Crippen molar-refractivity contribution in [3.63, 3.8) is 0 Å². The predicted molar refractivity (Wildman–Crippen MR) is 57.5 cm³/mol. The summed E-state index contributed by atoms with van der Waals surface area (Å²) < 4.78 is 0. The Morgan fingerprint density at radius 1 is 1.57 bits per heavy atom. The monoisotopic (exact) mass is 206 g/mol. The maximum atomic E-state index is 11.5. The summed E-state index contributed by atoms with van der Waals surface area (Å²) in [7, 11) is 0. The number of rotatable bonds is 2. The summed E-state index contributed by atoms with van der Waals surface area (Å²) in [5, 5.41) is 1.98. The van der Waals surface area contributed by atoms with E-state index in [9.17, 15) is 4.79 Å². The van der Waals surface area contributed by atoms with Crippen molar-refractivity contribution in [2.45, 2.75) is 13.3 Å². The van der Waals surface area contributed by atoms with Gasteiger partial charge in [-0.1, -0.05) is 13.0 Å². The maximum absolute atomic E-state index is 11.5. The Morgan fingerprint density at radius 3 is 3.07 bits per heavy atom. The Labute approximate surface area is 85.5 Å². The quantitative estimate of drug-likeness (QED) is 0.817. The van der Waals surface area contributed by atoms with Crippen LogP contribution in [0.4, 0.5) is 0 Å². The van der Waals surface area contributed by atoms with E-state index in [4.69, 9.17) is 0 Å². The van der Waals surface area contributed by atoms with Crippen molar-refractivity contribution in [2.24, 2.45) is 0 Å². The molecule has 0 aliphatic rings. The van der Waals surface area contributed by atoms with Crippen molar-refractivity contribution in [1.29, 1.82) is 0 Å². The van der Waals surface area contributed by atoms with Gasteiger partial charge in [-0.25, -0.2) is 4.98 Å². The number of nitrogens with zero attached hydrogens (tertiary/aromatic N) is 1. The molecule has 2 rings (SSSR count). The highest BCUT2D eigenvalue weighted by atomic mass is 32.1. The minimum Gasteiger partial charge on any atom is -0.313 e. The van der Waals surface area contributed by atoms with Gasteiger partial charge in [0.25, 0.3) is 5.56 Å². The molecular weight excluding hydrogens is 196 g/mol. The van der Waals surface area contributed by atoms with Gasteiger partial charge in [0.05, 0.1) is 16.9 Å². The standard InChI is InChI=1S/C10H10N2OS/c1-2-7-9(8-4-3-5-14-8)11-6-12-10(7)13/h3-6H,2H2,1H3,(H,11,12,13). The molecule has 2 heterocycles. The molecule has 0 fully saturated rings. The first-order valence-corrected chi connectivity index (χ1v) is 5.31. The van der Waals surface area contributed by atoms with Gasteiger partial charge in [0.2, 0.25) is 0 Å². The van der Waals surface area contributed by atoms with Gasteiger partial charge >= 0.3 is 0 Å². The second-order valence-corrected chi connectivity index (χ2v) is 3.84. The first kappa shape index (κ1) is 9.15. The average molecular weight is 206 g/mol. The summed E-state index contributed by atoms with van der Waals surface area (Å²) in [5.41, 5.74) is 1.53. The van der Waals surface area contributed by atoms with Crippen LogP contribution in [0.25, 0.3) is 10.6 Å². The Kier molecular flexibility index (Phi) is 2.45. The van der Waals surface area contributed by atoms with Gasteiger partial charge in [-0.05, 0) is 17.9 Å². The van der Waals surface area contributed by atoms with Gasteiger partial charge in [0.1, 0.15) is 0 Å². The van der Waals surface area contributed by atoms with Crippen molar-refractivity contribution < 1.29 is 0 Å². The number of aromatic nitrogens is 2. The van der Waals surface area contributed by atoms with E-state index in [0.29, 0.717) is 6.42 Å². The first-order valence-electron chi connectivity index (χ1n) is 4.43. The van der Waals surface area contributed by atoms with E-state index in [1.165, 1.54) is 6.33 Å². The van der Waals surface area contributed by atoms with Gasteiger partial charge < -0.3 is 4.98 Å². The van der Waals surface area contributed by atoms with Crippen LogP contribution in [0.2, 0.25) is 0 Å². The molecule has 3 nitrogen and oxygen atoms in total. The molecule has 0 atom stereocenters.